The highest BCUT2D eigenvalue weighted by Gasteiger charge is 2.22. The van der Waals surface area contributed by atoms with Crippen LogP contribution in [0.2, 0.25) is 0 Å². The molecule has 6 heteroatoms. The first-order valence-corrected chi connectivity index (χ1v) is 9.45. The molecule has 28 heavy (non-hydrogen) atoms. The summed E-state index contributed by atoms with van der Waals surface area (Å²) >= 11 is 0. The molecule has 1 saturated heterocycles. The molecule has 4 rings (SSSR count). The van der Waals surface area contributed by atoms with Gasteiger partial charge in [-0.1, -0.05) is 30.3 Å². The highest BCUT2D eigenvalue weighted by molar-refractivity contribution is 6.14. The van der Waals surface area contributed by atoms with Crippen molar-refractivity contribution in [3.05, 3.63) is 76.1 Å². The first-order valence-electron chi connectivity index (χ1n) is 9.45. The van der Waals surface area contributed by atoms with Crippen LogP contribution in [-0.4, -0.2) is 34.8 Å². The highest BCUT2D eigenvalue weighted by atomic mass is 16.2. The maximum Gasteiger partial charge on any atom is 0.256 e. The van der Waals surface area contributed by atoms with Crippen molar-refractivity contribution in [3.8, 4) is 0 Å². The van der Waals surface area contributed by atoms with Crippen molar-refractivity contribution in [2.75, 3.05) is 18.4 Å². The number of pyridine rings is 1. The molecule has 2 amide bonds. The zero-order chi connectivity index (χ0) is 19.5. The average Bonchev–Trinajstić information content (AvgIpc) is 2.73. The van der Waals surface area contributed by atoms with Crippen LogP contribution in [-0.2, 0) is 0 Å². The van der Waals surface area contributed by atoms with Gasteiger partial charge < -0.3 is 15.2 Å². The minimum atomic E-state index is -0.416. The van der Waals surface area contributed by atoms with Crippen LogP contribution in [0.4, 0.5) is 5.69 Å². The lowest BCUT2D eigenvalue weighted by Gasteiger charge is -2.27. The van der Waals surface area contributed by atoms with Crippen LogP contribution in [0.3, 0.4) is 0 Å². The summed E-state index contributed by atoms with van der Waals surface area (Å²) in [5.41, 5.74) is 1.44. The summed E-state index contributed by atoms with van der Waals surface area (Å²) in [4.78, 5) is 42.4. The molecule has 3 aromatic rings. The minimum Gasteiger partial charge on any atom is -0.339 e. The van der Waals surface area contributed by atoms with Crippen molar-refractivity contribution >= 4 is 28.4 Å². The number of nitrogens with one attached hydrogen (secondary N) is 2. The molecule has 2 aromatic carbocycles. The van der Waals surface area contributed by atoms with E-state index in [0.717, 1.165) is 32.4 Å². The van der Waals surface area contributed by atoms with Crippen molar-refractivity contribution in [2.24, 2.45) is 0 Å². The van der Waals surface area contributed by atoms with Crippen LogP contribution >= 0.6 is 0 Å². The van der Waals surface area contributed by atoms with E-state index in [1.165, 1.54) is 6.07 Å². The Morgan fingerprint density at radius 1 is 0.893 bits per heavy atom. The van der Waals surface area contributed by atoms with E-state index in [4.69, 9.17) is 0 Å². The van der Waals surface area contributed by atoms with Gasteiger partial charge in [-0.3, -0.25) is 14.4 Å². The number of aromatic amines is 1. The SMILES string of the molecule is O=C(Nc1ccccc1C(=O)N1CCCCC1)c1cc(=O)[nH]c2ccccc12. The van der Waals surface area contributed by atoms with E-state index in [2.05, 4.69) is 10.3 Å². The predicted octanol–water partition coefficient (Wildman–Crippen LogP) is 3.41. The standard InChI is InChI=1S/C22H21N3O3/c26-20-14-17(15-8-2-4-10-18(15)23-20)21(27)24-19-11-5-3-9-16(19)22(28)25-12-6-1-7-13-25/h2-5,8-11,14H,1,6-7,12-13H2,(H,23,26)(H,24,27). The van der Waals surface area contributed by atoms with E-state index in [9.17, 15) is 14.4 Å². The van der Waals surface area contributed by atoms with Gasteiger partial charge in [0.15, 0.2) is 0 Å². The number of carbonyl (C=O) groups is 2. The summed E-state index contributed by atoms with van der Waals surface area (Å²) < 4.78 is 0. The fourth-order valence-corrected chi connectivity index (χ4v) is 3.63. The van der Waals surface area contributed by atoms with E-state index < -0.39 is 5.91 Å². The average molecular weight is 375 g/mol. The van der Waals surface area contributed by atoms with Gasteiger partial charge in [0, 0.05) is 30.1 Å². The molecule has 0 aliphatic carbocycles. The van der Waals surface area contributed by atoms with Crippen molar-refractivity contribution in [3.63, 3.8) is 0 Å². The highest BCUT2D eigenvalue weighted by Crippen LogP contribution is 2.22. The van der Waals surface area contributed by atoms with Crippen molar-refractivity contribution in [1.82, 2.24) is 9.88 Å². The number of hydrogen-bond donors (Lipinski definition) is 2. The summed E-state index contributed by atoms with van der Waals surface area (Å²) in [6, 6.07) is 15.4. The Hall–Kier alpha value is -3.41. The number of piperidine rings is 1. The number of rotatable bonds is 3. The number of likely N-dealkylation sites (tertiary alicyclic amines) is 1. The summed E-state index contributed by atoms with van der Waals surface area (Å²) in [5.74, 6) is -0.493. The fourth-order valence-electron chi connectivity index (χ4n) is 3.63. The van der Waals surface area contributed by atoms with E-state index in [-0.39, 0.29) is 17.0 Å². The third-order valence-electron chi connectivity index (χ3n) is 5.04. The number of aromatic nitrogens is 1. The normalized spacial score (nSPS) is 14.1. The molecule has 6 nitrogen and oxygen atoms in total. The lowest BCUT2D eigenvalue weighted by atomic mass is 10.1. The van der Waals surface area contributed by atoms with Gasteiger partial charge in [0.25, 0.3) is 11.8 Å². The number of hydrogen-bond acceptors (Lipinski definition) is 3. The van der Waals surface area contributed by atoms with Gasteiger partial charge in [-0.05, 0) is 37.5 Å². The second-order valence-corrected chi connectivity index (χ2v) is 6.95. The number of amides is 2. The second kappa shape index (κ2) is 7.68. The molecule has 2 N–H and O–H groups in total. The van der Waals surface area contributed by atoms with E-state index >= 15 is 0 Å². The van der Waals surface area contributed by atoms with Crippen LogP contribution < -0.4 is 10.9 Å². The fraction of sp³-hybridized carbons (Fsp3) is 0.227. The first-order chi connectivity index (χ1) is 13.6. The molecule has 142 valence electrons. The quantitative estimate of drug-likeness (QED) is 0.736. The summed E-state index contributed by atoms with van der Waals surface area (Å²) in [7, 11) is 0. The number of fused-ring (bicyclic) bond motifs is 1. The van der Waals surface area contributed by atoms with Gasteiger partial charge in [-0.15, -0.1) is 0 Å². The molecule has 0 bridgehead atoms. The zero-order valence-corrected chi connectivity index (χ0v) is 15.4. The molecule has 1 aromatic heterocycles. The number of nitrogens with zero attached hydrogens (tertiary/aromatic N) is 1. The Labute approximate surface area is 162 Å². The van der Waals surface area contributed by atoms with Crippen LogP contribution in [0.25, 0.3) is 10.9 Å². The summed E-state index contributed by atoms with van der Waals surface area (Å²) in [6.45, 7) is 1.47. The topological polar surface area (TPSA) is 82.3 Å². The van der Waals surface area contributed by atoms with Crippen LogP contribution in [0.15, 0.2) is 59.4 Å². The van der Waals surface area contributed by atoms with Crippen LogP contribution in [0, 0.1) is 0 Å². The molecule has 1 aliphatic rings. The monoisotopic (exact) mass is 375 g/mol. The molecule has 0 atom stereocenters. The van der Waals surface area contributed by atoms with Crippen LogP contribution in [0.5, 0.6) is 0 Å². The lowest BCUT2D eigenvalue weighted by Crippen LogP contribution is -2.36. The van der Waals surface area contributed by atoms with E-state index in [1.54, 1.807) is 42.5 Å². The predicted molar refractivity (Wildman–Crippen MR) is 109 cm³/mol. The third kappa shape index (κ3) is 3.53. The van der Waals surface area contributed by atoms with Crippen LogP contribution in [0.1, 0.15) is 40.0 Å². The van der Waals surface area contributed by atoms with E-state index in [1.807, 2.05) is 11.0 Å². The molecule has 0 unspecified atom stereocenters. The van der Waals surface area contributed by atoms with Gasteiger partial charge >= 0.3 is 0 Å². The lowest BCUT2D eigenvalue weighted by molar-refractivity contribution is 0.0725. The number of para-hydroxylation sites is 2. The molecule has 0 radical (unpaired) electrons. The van der Waals surface area contributed by atoms with Crippen molar-refractivity contribution in [1.29, 1.82) is 0 Å². The Morgan fingerprint density at radius 3 is 2.43 bits per heavy atom. The van der Waals surface area contributed by atoms with Crippen molar-refractivity contribution < 1.29 is 9.59 Å². The molecule has 1 aliphatic heterocycles. The molecular formula is C22H21N3O3. The van der Waals surface area contributed by atoms with Gasteiger partial charge in [0.2, 0.25) is 5.56 Å². The molecular weight excluding hydrogens is 354 g/mol. The Kier molecular flexibility index (Phi) is 4.93. The first kappa shape index (κ1) is 18.0. The molecule has 0 saturated carbocycles. The number of anilines is 1. The largest absolute Gasteiger partial charge is 0.339 e. The maximum atomic E-state index is 12.9. The Bertz CT molecular complexity index is 1100. The Morgan fingerprint density at radius 2 is 1.61 bits per heavy atom. The van der Waals surface area contributed by atoms with Gasteiger partial charge in [0.1, 0.15) is 0 Å². The number of benzene rings is 2. The number of carbonyl (C=O) groups excluding carboxylic acids is 2. The van der Waals surface area contributed by atoms with E-state index in [0.29, 0.717) is 22.2 Å². The van der Waals surface area contributed by atoms with Gasteiger partial charge in [-0.2, -0.15) is 0 Å². The minimum absolute atomic E-state index is 0.0774. The second-order valence-electron chi connectivity index (χ2n) is 6.95. The number of H-pyrrole nitrogens is 1. The molecule has 1 fully saturated rings. The Balaban J connectivity index is 1.66. The summed E-state index contributed by atoms with van der Waals surface area (Å²) in [5, 5.41) is 3.48. The van der Waals surface area contributed by atoms with Gasteiger partial charge in [-0.25, -0.2) is 0 Å². The zero-order valence-electron chi connectivity index (χ0n) is 15.4. The molecule has 2 heterocycles. The maximum absolute atomic E-state index is 12.9. The van der Waals surface area contributed by atoms with Crippen molar-refractivity contribution in [2.45, 2.75) is 19.3 Å². The van der Waals surface area contributed by atoms with Gasteiger partial charge in [0.05, 0.1) is 16.8 Å². The smallest absolute Gasteiger partial charge is 0.256 e. The third-order valence-corrected chi connectivity index (χ3v) is 5.04. The molecule has 0 spiro atoms. The summed E-state index contributed by atoms with van der Waals surface area (Å²) in [6.07, 6.45) is 3.13.